The van der Waals surface area contributed by atoms with Crippen LogP contribution in [0.3, 0.4) is 0 Å². The Kier molecular flexibility index (Phi) is 2.50. The third-order valence-electron chi connectivity index (χ3n) is 4.25. The van der Waals surface area contributed by atoms with Crippen LogP contribution in [0, 0.1) is 28.4 Å². The Morgan fingerprint density at radius 1 is 1.56 bits per heavy atom. The molecule has 0 bridgehead atoms. The lowest BCUT2D eigenvalue weighted by atomic mass is 10.0. The molecule has 96 valence electrons. The molecule has 0 spiro atoms. The van der Waals surface area contributed by atoms with Gasteiger partial charge >= 0.3 is 5.69 Å². The fourth-order valence-corrected chi connectivity index (χ4v) is 2.76. The van der Waals surface area contributed by atoms with Crippen LogP contribution < -0.4 is 5.32 Å². The van der Waals surface area contributed by atoms with Gasteiger partial charge in [0.05, 0.1) is 4.92 Å². The molecule has 1 heterocycles. The normalized spacial score (nSPS) is 20.5. The highest BCUT2D eigenvalue weighted by molar-refractivity contribution is 5.59. The van der Waals surface area contributed by atoms with E-state index in [2.05, 4.69) is 10.3 Å². The molecule has 18 heavy (non-hydrogen) atoms. The summed E-state index contributed by atoms with van der Waals surface area (Å²) in [7, 11) is 0. The van der Waals surface area contributed by atoms with Crippen LogP contribution in [0.25, 0.3) is 0 Å². The number of aryl methyl sites for hydroxylation is 1. The second-order valence-corrected chi connectivity index (χ2v) is 5.57. The zero-order valence-corrected chi connectivity index (χ0v) is 10.5. The highest BCUT2D eigenvalue weighted by atomic mass is 16.6. The largest absolute Gasteiger partial charge is 0.364 e. The number of nitrogens with zero attached hydrogens (tertiary/aromatic N) is 2. The van der Waals surface area contributed by atoms with E-state index in [1.54, 1.807) is 19.2 Å². The van der Waals surface area contributed by atoms with Crippen molar-refractivity contribution in [3.8, 4) is 0 Å². The smallest absolute Gasteiger partial charge is 0.314 e. The molecule has 0 radical (unpaired) electrons. The van der Waals surface area contributed by atoms with Crippen LogP contribution in [0.5, 0.6) is 0 Å². The Balaban J connectivity index is 1.76. The summed E-state index contributed by atoms with van der Waals surface area (Å²) in [5.41, 5.74) is 1.19. The average molecular weight is 247 g/mol. The van der Waals surface area contributed by atoms with Crippen LogP contribution >= 0.6 is 0 Å². The standard InChI is InChI=1S/C13H17N3O2/c1-9-4-7-14-12(11(9)16(17)18)15-8-13(5-6-13)10-2-3-10/h4,7,10H,2-3,5-6,8H2,1H3,(H,14,15). The lowest BCUT2D eigenvalue weighted by Crippen LogP contribution is -2.18. The van der Waals surface area contributed by atoms with E-state index in [1.807, 2.05) is 0 Å². The van der Waals surface area contributed by atoms with Crippen molar-refractivity contribution in [2.24, 2.45) is 11.3 Å². The van der Waals surface area contributed by atoms with Crippen molar-refractivity contribution >= 4 is 11.5 Å². The third kappa shape index (κ3) is 1.94. The number of rotatable bonds is 5. The predicted octanol–water partition coefficient (Wildman–Crippen LogP) is 2.90. The lowest BCUT2D eigenvalue weighted by molar-refractivity contribution is -0.384. The summed E-state index contributed by atoms with van der Waals surface area (Å²) in [5, 5.41) is 14.3. The SMILES string of the molecule is Cc1ccnc(NCC2(C3CC3)CC2)c1[N+](=O)[O-]. The Morgan fingerprint density at radius 3 is 2.83 bits per heavy atom. The van der Waals surface area contributed by atoms with Crippen molar-refractivity contribution in [3.05, 3.63) is 27.9 Å². The molecule has 0 atom stereocenters. The molecule has 0 aromatic carbocycles. The van der Waals surface area contributed by atoms with E-state index in [1.165, 1.54) is 25.7 Å². The first-order valence-corrected chi connectivity index (χ1v) is 6.46. The number of aromatic nitrogens is 1. The van der Waals surface area contributed by atoms with Crippen molar-refractivity contribution in [3.63, 3.8) is 0 Å². The summed E-state index contributed by atoms with van der Waals surface area (Å²) in [6.45, 7) is 2.58. The van der Waals surface area contributed by atoms with Gasteiger partial charge in [-0.2, -0.15) is 0 Å². The van der Waals surface area contributed by atoms with E-state index >= 15 is 0 Å². The van der Waals surface area contributed by atoms with Crippen molar-refractivity contribution in [1.29, 1.82) is 0 Å². The average Bonchev–Trinajstić information content (AvgIpc) is 3.17. The zero-order chi connectivity index (χ0) is 12.8. The first-order chi connectivity index (χ1) is 8.62. The van der Waals surface area contributed by atoms with E-state index in [0.29, 0.717) is 16.8 Å². The summed E-state index contributed by atoms with van der Waals surface area (Å²) >= 11 is 0. The van der Waals surface area contributed by atoms with Gasteiger partial charge in [0.1, 0.15) is 0 Å². The van der Waals surface area contributed by atoms with Gasteiger partial charge in [0, 0.05) is 18.3 Å². The number of pyridine rings is 1. The molecule has 2 aliphatic carbocycles. The Morgan fingerprint density at radius 2 is 2.28 bits per heavy atom. The van der Waals surface area contributed by atoms with Crippen molar-refractivity contribution in [1.82, 2.24) is 4.98 Å². The molecule has 2 saturated carbocycles. The van der Waals surface area contributed by atoms with E-state index in [-0.39, 0.29) is 10.6 Å². The minimum Gasteiger partial charge on any atom is -0.364 e. The number of nitrogens with one attached hydrogen (secondary N) is 1. The van der Waals surface area contributed by atoms with Gasteiger partial charge < -0.3 is 5.32 Å². The maximum Gasteiger partial charge on any atom is 0.314 e. The van der Waals surface area contributed by atoms with Crippen LogP contribution in [-0.2, 0) is 0 Å². The van der Waals surface area contributed by atoms with Gasteiger partial charge in [0.2, 0.25) is 5.82 Å². The van der Waals surface area contributed by atoms with Gasteiger partial charge in [0.25, 0.3) is 0 Å². The monoisotopic (exact) mass is 247 g/mol. The van der Waals surface area contributed by atoms with E-state index in [4.69, 9.17) is 0 Å². The maximum absolute atomic E-state index is 11.1. The molecule has 1 N–H and O–H groups in total. The Bertz CT molecular complexity index is 493. The Hall–Kier alpha value is -1.65. The highest BCUT2D eigenvalue weighted by Gasteiger charge is 2.53. The van der Waals surface area contributed by atoms with Crippen molar-refractivity contribution < 1.29 is 4.92 Å². The predicted molar refractivity (Wildman–Crippen MR) is 68.5 cm³/mol. The molecule has 5 heteroatoms. The van der Waals surface area contributed by atoms with Crippen LogP contribution in [0.1, 0.15) is 31.2 Å². The molecule has 1 aromatic heterocycles. The molecule has 0 unspecified atom stereocenters. The maximum atomic E-state index is 11.1. The minimum atomic E-state index is -0.346. The summed E-state index contributed by atoms with van der Waals surface area (Å²) in [6, 6.07) is 1.68. The number of hydrogen-bond acceptors (Lipinski definition) is 4. The number of hydrogen-bond donors (Lipinski definition) is 1. The molecular weight excluding hydrogens is 230 g/mol. The van der Waals surface area contributed by atoms with Gasteiger partial charge in [-0.05, 0) is 50.0 Å². The molecule has 0 amide bonds. The van der Waals surface area contributed by atoms with Gasteiger partial charge in [0.15, 0.2) is 0 Å². The molecule has 0 saturated heterocycles. The van der Waals surface area contributed by atoms with E-state index < -0.39 is 0 Å². The number of anilines is 1. The minimum absolute atomic E-state index is 0.115. The van der Waals surface area contributed by atoms with Crippen LogP contribution in [0.15, 0.2) is 12.3 Å². The lowest BCUT2D eigenvalue weighted by Gasteiger charge is -2.15. The number of nitro groups is 1. The molecule has 1 aromatic rings. The van der Waals surface area contributed by atoms with Crippen molar-refractivity contribution in [2.45, 2.75) is 32.6 Å². The van der Waals surface area contributed by atoms with Crippen molar-refractivity contribution in [2.75, 3.05) is 11.9 Å². The van der Waals surface area contributed by atoms with Gasteiger partial charge in [-0.25, -0.2) is 4.98 Å². The molecule has 5 nitrogen and oxygen atoms in total. The van der Waals surface area contributed by atoms with Crippen LogP contribution in [0.2, 0.25) is 0 Å². The molecular formula is C13H17N3O2. The Labute approximate surface area is 106 Å². The van der Waals surface area contributed by atoms with Gasteiger partial charge in [-0.1, -0.05) is 0 Å². The van der Waals surface area contributed by atoms with Crippen LogP contribution in [0.4, 0.5) is 11.5 Å². The molecule has 3 rings (SSSR count). The zero-order valence-electron chi connectivity index (χ0n) is 10.5. The summed E-state index contributed by atoms with van der Waals surface area (Å²) < 4.78 is 0. The van der Waals surface area contributed by atoms with E-state index in [9.17, 15) is 10.1 Å². The van der Waals surface area contributed by atoms with E-state index in [0.717, 1.165) is 12.5 Å². The topological polar surface area (TPSA) is 68.1 Å². The van der Waals surface area contributed by atoms with Gasteiger partial charge in [-0.15, -0.1) is 0 Å². The fourth-order valence-electron chi connectivity index (χ4n) is 2.76. The molecule has 2 fully saturated rings. The second kappa shape index (κ2) is 3.93. The second-order valence-electron chi connectivity index (χ2n) is 5.57. The summed E-state index contributed by atoms with van der Waals surface area (Å²) in [5.74, 6) is 1.26. The third-order valence-corrected chi connectivity index (χ3v) is 4.25. The molecule has 2 aliphatic rings. The summed E-state index contributed by atoms with van der Waals surface area (Å²) in [4.78, 5) is 14.8. The first kappa shape index (κ1) is 11.4. The fraction of sp³-hybridized carbons (Fsp3) is 0.615. The quantitative estimate of drug-likeness (QED) is 0.641. The first-order valence-electron chi connectivity index (χ1n) is 6.46. The summed E-state index contributed by atoms with van der Waals surface area (Å²) in [6.07, 6.45) is 6.78. The van der Waals surface area contributed by atoms with Gasteiger partial charge in [-0.3, -0.25) is 10.1 Å². The molecule has 0 aliphatic heterocycles. The van der Waals surface area contributed by atoms with Crippen LogP contribution in [-0.4, -0.2) is 16.5 Å². The highest BCUT2D eigenvalue weighted by Crippen LogP contribution is 2.61.